The van der Waals surface area contributed by atoms with Gasteiger partial charge in [0.1, 0.15) is 5.82 Å². The molecular weight excluding hydrogens is 374 g/mol. The summed E-state index contributed by atoms with van der Waals surface area (Å²) in [5.41, 5.74) is 4.38. The molecule has 6 heteroatoms. The highest BCUT2D eigenvalue weighted by Gasteiger charge is 2.29. The van der Waals surface area contributed by atoms with Crippen LogP contribution in [0.25, 0.3) is 11.0 Å². The summed E-state index contributed by atoms with van der Waals surface area (Å²) in [7, 11) is 0. The van der Waals surface area contributed by atoms with Crippen molar-refractivity contribution in [2.45, 2.75) is 50.4 Å². The molecule has 3 heterocycles. The topological polar surface area (TPSA) is 78.8 Å². The van der Waals surface area contributed by atoms with Gasteiger partial charge in [-0.2, -0.15) is 0 Å². The normalized spacial score (nSPS) is 20.0. The maximum absolute atomic E-state index is 10.7. The van der Waals surface area contributed by atoms with Gasteiger partial charge in [-0.05, 0) is 42.5 Å². The molecule has 0 unspecified atom stereocenters. The summed E-state index contributed by atoms with van der Waals surface area (Å²) in [6.45, 7) is 0.865. The molecule has 3 N–H and O–H groups in total. The molecule has 1 saturated heterocycles. The first-order valence-corrected chi connectivity index (χ1v) is 10.7. The fourth-order valence-corrected chi connectivity index (χ4v) is 4.44. The SMILES string of the molecule is O[C@H](c1ccccc1)[C@H]1CC[C@@H](Cc2ccc3nc(CCn4ccnc4)[nH]c3c2)N1. The number of aliphatic hydroxyl groups excluding tert-OH is 1. The maximum atomic E-state index is 10.7. The minimum absolute atomic E-state index is 0.114. The Morgan fingerprint density at radius 2 is 2.03 bits per heavy atom. The van der Waals surface area contributed by atoms with E-state index in [4.69, 9.17) is 4.98 Å². The number of aliphatic hydroxyl groups is 1. The number of nitrogens with zero attached hydrogens (tertiary/aromatic N) is 3. The van der Waals surface area contributed by atoms with Gasteiger partial charge in [-0.3, -0.25) is 0 Å². The largest absolute Gasteiger partial charge is 0.387 e. The van der Waals surface area contributed by atoms with E-state index >= 15 is 0 Å². The fourth-order valence-electron chi connectivity index (χ4n) is 4.44. The Balaban J connectivity index is 1.21. The summed E-state index contributed by atoms with van der Waals surface area (Å²) in [5.74, 6) is 1.00. The number of aromatic amines is 1. The van der Waals surface area contributed by atoms with E-state index in [0.717, 1.165) is 54.6 Å². The molecule has 2 aromatic heterocycles. The van der Waals surface area contributed by atoms with Crippen molar-refractivity contribution in [3.8, 4) is 0 Å². The van der Waals surface area contributed by atoms with E-state index in [0.29, 0.717) is 6.04 Å². The van der Waals surface area contributed by atoms with Crippen LogP contribution in [0.2, 0.25) is 0 Å². The van der Waals surface area contributed by atoms with Crippen molar-refractivity contribution in [1.29, 1.82) is 0 Å². The second kappa shape index (κ2) is 8.42. The lowest BCUT2D eigenvalue weighted by molar-refractivity contribution is 0.135. The van der Waals surface area contributed by atoms with Gasteiger partial charge in [0.2, 0.25) is 0 Å². The van der Waals surface area contributed by atoms with Crippen LogP contribution in [0.15, 0.2) is 67.3 Å². The van der Waals surface area contributed by atoms with Gasteiger partial charge in [0, 0.05) is 37.4 Å². The predicted octanol–water partition coefficient (Wildman–Crippen LogP) is 3.40. The third-order valence-corrected chi connectivity index (χ3v) is 6.04. The smallest absolute Gasteiger partial charge is 0.109 e. The first kappa shape index (κ1) is 19.0. The number of imidazole rings is 2. The Kier molecular flexibility index (Phi) is 5.34. The molecule has 154 valence electrons. The van der Waals surface area contributed by atoms with Crippen molar-refractivity contribution < 1.29 is 5.11 Å². The summed E-state index contributed by atoms with van der Waals surface area (Å²) in [6.07, 6.45) is 9.02. The Labute approximate surface area is 176 Å². The first-order chi connectivity index (χ1) is 14.7. The Morgan fingerprint density at radius 3 is 2.87 bits per heavy atom. The molecule has 6 nitrogen and oxygen atoms in total. The molecule has 0 amide bonds. The van der Waals surface area contributed by atoms with Gasteiger partial charge < -0.3 is 20.0 Å². The average molecular weight is 402 g/mol. The molecule has 0 saturated carbocycles. The molecule has 0 bridgehead atoms. The third kappa shape index (κ3) is 4.15. The Bertz CT molecular complexity index is 1090. The molecule has 2 aromatic carbocycles. The number of H-pyrrole nitrogens is 1. The van der Waals surface area contributed by atoms with Crippen LogP contribution in [0.3, 0.4) is 0 Å². The number of rotatable bonds is 7. The molecule has 30 heavy (non-hydrogen) atoms. The number of hydrogen-bond acceptors (Lipinski definition) is 4. The van der Waals surface area contributed by atoms with E-state index in [2.05, 4.69) is 38.1 Å². The van der Waals surface area contributed by atoms with Crippen LogP contribution in [-0.4, -0.2) is 36.7 Å². The standard InChI is InChI=1S/C24H27N5O/c30-24(18-4-2-1-3-5-18)21-9-7-19(26-21)14-17-6-8-20-22(15-17)28-23(27-20)10-12-29-13-11-25-16-29/h1-6,8,11,13,15-16,19,21,24,26,30H,7,9-10,12,14H2,(H,27,28)/t19-,21+,24+/m0/s1. The lowest BCUT2D eigenvalue weighted by atomic mass is 10.0. The summed E-state index contributed by atoms with van der Waals surface area (Å²) in [6, 6.07) is 16.9. The fraction of sp³-hybridized carbons (Fsp3) is 0.333. The monoisotopic (exact) mass is 401 g/mol. The number of nitrogens with one attached hydrogen (secondary N) is 2. The van der Waals surface area contributed by atoms with E-state index in [1.807, 2.05) is 42.9 Å². The van der Waals surface area contributed by atoms with Crippen molar-refractivity contribution in [1.82, 2.24) is 24.8 Å². The maximum Gasteiger partial charge on any atom is 0.109 e. The molecular formula is C24H27N5O. The van der Waals surface area contributed by atoms with Crippen LogP contribution < -0.4 is 5.32 Å². The number of hydrogen-bond donors (Lipinski definition) is 3. The summed E-state index contributed by atoms with van der Waals surface area (Å²) in [4.78, 5) is 12.3. The number of fused-ring (bicyclic) bond motifs is 1. The summed E-state index contributed by atoms with van der Waals surface area (Å²) in [5, 5.41) is 14.3. The van der Waals surface area contributed by atoms with Gasteiger partial charge in [-0.15, -0.1) is 0 Å². The highest BCUT2D eigenvalue weighted by atomic mass is 16.3. The van der Waals surface area contributed by atoms with Crippen LogP contribution in [0.1, 0.15) is 35.9 Å². The minimum atomic E-state index is -0.454. The van der Waals surface area contributed by atoms with Crippen LogP contribution in [-0.2, 0) is 19.4 Å². The van der Waals surface area contributed by atoms with Crippen LogP contribution >= 0.6 is 0 Å². The van der Waals surface area contributed by atoms with E-state index in [1.165, 1.54) is 5.56 Å². The van der Waals surface area contributed by atoms with E-state index in [9.17, 15) is 5.11 Å². The average Bonchev–Trinajstić information content (AvgIpc) is 3.53. The minimum Gasteiger partial charge on any atom is -0.387 e. The molecule has 5 rings (SSSR count). The van der Waals surface area contributed by atoms with E-state index < -0.39 is 6.10 Å². The zero-order valence-corrected chi connectivity index (χ0v) is 16.9. The van der Waals surface area contributed by atoms with Gasteiger partial charge in [0.15, 0.2) is 0 Å². The molecule has 1 fully saturated rings. The number of aromatic nitrogens is 4. The quantitative estimate of drug-likeness (QED) is 0.443. The summed E-state index contributed by atoms with van der Waals surface area (Å²) < 4.78 is 2.06. The molecule has 0 aliphatic carbocycles. The molecule has 3 atom stereocenters. The molecule has 1 aliphatic rings. The van der Waals surface area contributed by atoms with Gasteiger partial charge in [0.05, 0.1) is 23.5 Å². The third-order valence-electron chi connectivity index (χ3n) is 6.04. The molecule has 0 radical (unpaired) electrons. The van der Waals surface area contributed by atoms with Crippen molar-refractivity contribution in [3.05, 3.63) is 84.2 Å². The van der Waals surface area contributed by atoms with Gasteiger partial charge >= 0.3 is 0 Å². The number of benzene rings is 2. The molecule has 0 spiro atoms. The highest BCUT2D eigenvalue weighted by Crippen LogP contribution is 2.27. The second-order valence-electron chi connectivity index (χ2n) is 8.19. The highest BCUT2D eigenvalue weighted by molar-refractivity contribution is 5.75. The lowest BCUT2D eigenvalue weighted by Gasteiger charge is -2.20. The molecule has 1 aliphatic heterocycles. The van der Waals surface area contributed by atoms with Crippen LogP contribution in [0, 0.1) is 0 Å². The van der Waals surface area contributed by atoms with Crippen molar-refractivity contribution in [2.75, 3.05) is 0 Å². The van der Waals surface area contributed by atoms with Crippen molar-refractivity contribution in [3.63, 3.8) is 0 Å². The van der Waals surface area contributed by atoms with Crippen molar-refractivity contribution >= 4 is 11.0 Å². The molecule has 4 aromatic rings. The van der Waals surface area contributed by atoms with Crippen LogP contribution in [0.4, 0.5) is 0 Å². The zero-order chi connectivity index (χ0) is 20.3. The second-order valence-corrected chi connectivity index (χ2v) is 8.19. The Morgan fingerprint density at radius 1 is 1.13 bits per heavy atom. The van der Waals surface area contributed by atoms with E-state index in [1.54, 1.807) is 6.20 Å². The van der Waals surface area contributed by atoms with Crippen LogP contribution in [0.5, 0.6) is 0 Å². The van der Waals surface area contributed by atoms with Gasteiger partial charge in [-0.25, -0.2) is 9.97 Å². The van der Waals surface area contributed by atoms with Crippen molar-refractivity contribution in [2.24, 2.45) is 0 Å². The predicted molar refractivity (Wildman–Crippen MR) is 117 cm³/mol. The Hall–Kier alpha value is -2.96. The zero-order valence-electron chi connectivity index (χ0n) is 16.9. The summed E-state index contributed by atoms with van der Waals surface area (Å²) >= 11 is 0. The van der Waals surface area contributed by atoms with Gasteiger partial charge in [-0.1, -0.05) is 36.4 Å². The number of aryl methyl sites for hydroxylation is 2. The van der Waals surface area contributed by atoms with E-state index in [-0.39, 0.29) is 6.04 Å². The van der Waals surface area contributed by atoms with Gasteiger partial charge in [0.25, 0.3) is 0 Å². The lowest BCUT2D eigenvalue weighted by Crippen LogP contribution is -2.35. The first-order valence-electron chi connectivity index (χ1n) is 10.7.